The summed E-state index contributed by atoms with van der Waals surface area (Å²) in [5.74, 6) is -0.579. The Labute approximate surface area is 137 Å². The molecule has 2 aromatic heterocycles. The fraction of sp³-hybridized carbons (Fsp3) is 0.235. The van der Waals surface area contributed by atoms with Crippen molar-refractivity contribution < 1.29 is 18.4 Å². The summed E-state index contributed by atoms with van der Waals surface area (Å²) in [6.45, 7) is -1.16. The van der Waals surface area contributed by atoms with Gasteiger partial charge >= 0.3 is 6.55 Å². The number of hydrogen-bond donors (Lipinski definition) is 1. The van der Waals surface area contributed by atoms with Gasteiger partial charge in [-0.25, -0.2) is 0 Å². The number of halogens is 2. The Bertz CT molecular complexity index is 840. The molecule has 0 saturated carbocycles. The van der Waals surface area contributed by atoms with Gasteiger partial charge in [-0.1, -0.05) is 6.08 Å². The third kappa shape index (κ3) is 2.97. The van der Waals surface area contributed by atoms with Gasteiger partial charge in [0.15, 0.2) is 5.78 Å². The third-order valence-corrected chi connectivity index (χ3v) is 3.87. The number of anilines is 1. The molecule has 0 aliphatic carbocycles. The van der Waals surface area contributed by atoms with E-state index in [1.807, 2.05) is 0 Å². The molecule has 2 bridgehead atoms. The second kappa shape index (κ2) is 6.35. The minimum absolute atomic E-state index is 0.142. The Kier molecular flexibility index (Phi) is 4.24. The minimum Gasteiger partial charge on any atom is -0.320 e. The number of carbonyl (C=O) groups excluding carboxylic acids is 2. The average Bonchev–Trinajstić information content (AvgIpc) is 2.97. The van der Waals surface area contributed by atoms with Crippen molar-refractivity contribution in [1.82, 2.24) is 9.55 Å². The van der Waals surface area contributed by atoms with E-state index in [0.29, 0.717) is 17.6 Å². The number of alkyl halides is 2. The first-order valence-corrected chi connectivity index (χ1v) is 7.44. The normalized spacial score (nSPS) is 17.4. The molecule has 1 aliphatic heterocycles. The number of pyridine rings is 1. The van der Waals surface area contributed by atoms with Crippen LogP contribution < -0.4 is 5.32 Å². The highest BCUT2D eigenvalue weighted by Gasteiger charge is 2.21. The monoisotopic (exact) mass is 331 g/mol. The summed E-state index contributed by atoms with van der Waals surface area (Å²) in [6, 6.07) is 4.43. The van der Waals surface area contributed by atoms with Crippen LogP contribution in [0.2, 0.25) is 0 Å². The summed E-state index contributed by atoms with van der Waals surface area (Å²) >= 11 is 0. The molecule has 3 rings (SSSR count). The molecule has 0 aromatic carbocycles. The lowest BCUT2D eigenvalue weighted by atomic mass is 10.1. The van der Waals surface area contributed by atoms with Crippen molar-refractivity contribution >= 4 is 17.4 Å². The van der Waals surface area contributed by atoms with Gasteiger partial charge in [-0.2, -0.15) is 8.78 Å². The Morgan fingerprint density at radius 3 is 2.83 bits per heavy atom. The Balaban J connectivity index is 2.20. The number of fused-ring (bicyclic) bond motifs is 4. The average molecular weight is 331 g/mol. The summed E-state index contributed by atoms with van der Waals surface area (Å²) in [6.07, 6.45) is 4.88. The number of Topliss-reactive ketones (excluding diaryl/α,β-unsaturated/α-hetero) is 1. The quantitative estimate of drug-likeness (QED) is 0.864. The van der Waals surface area contributed by atoms with E-state index in [1.54, 1.807) is 13.0 Å². The van der Waals surface area contributed by atoms with Crippen LogP contribution in [0.1, 0.15) is 36.8 Å². The van der Waals surface area contributed by atoms with E-state index in [9.17, 15) is 18.4 Å². The number of nitrogens with zero attached hydrogens (tertiary/aromatic N) is 2. The standard InChI is InChI=1S/C17H15F2N3O2/c1-10-3-2-4-14(23)13-9-11(5-7-20-13)15-12(21-16(10)24)6-8-22(15)17(18)19/h3,5-9,17H,2,4H2,1H3,(H,21,24)/b10-3-. The summed E-state index contributed by atoms with van der Waals surface area (Å²) in [7, 11) is 0. The van der Waals surface area contributed by atoms with Gasteiger partial charge in [0.25, 0.3) is 5.91 Å². The molecule has 0 spiro atoms. The zero-order valence-corrected chi connectivity index (χ0v) is 12.9. The number of carbonyl (C=O) groups is 2. The molecule has 24 heavy (non-hydrogen) atoms. The number of aromatic nitrogens is 2. The number of amides is 1. The maximum Gasteiger partial charge on any atom is 0.319 e. The van der Waals surface area contributed by atoms with E-state index < -0.39 is 6.55 Å². The third-order valence-electron chi connectivity index (χ3n) is 3.87. The highest BCUT2D eigenvalue weighted by molar-refractivity contribution is 6.05. The molecule has 0 saturated heterocycles. The number of hydrogen-bond acceptors (Lipinski definition) is 3. The fourth-order valence-corrected chi connectivity index (χ4v) is 2.61. The van der Waals surface area contributed by atoms with Crippen LogP contribution in [0.4, 0.5) is 14.5 Å². The van der Waals surface area contributed by atoms with Gasteiger partial charge in [0.05, 0.1) is 11.4 Å². The van der Waals surface area contributed by atoms with E-state index in [0.717, 1.165) is 4.57 Å². The van der Waals surface area contributed by atoms with E-state index >= 15 is 0 Å². The second-order valence-corrected chi connectivity index (χ2v) is 5.50. The molecule has 1 aliphatic rings. The van der Waals surface area contributed by atoms with E-state index in [1.165, 1.54) is 30.6 Å². The van der Waals surface area contributed by atoms with Crippen LogP contribution in [0.15, 0.2) is 42.2 Å². The summed E-state index contributed by atoms with van der Waals surface area (Å²) in [5, 5.41) is 2.66. The van der Waals surface area contributed by atoms with Crippen molar-refractivity contribution in [2.45, 2.75) is 26.3 Å². The topological polar surface area (TPSA) is 64.0 Å². The van der Waals surface area contributed by atoms with Crippen molar-refractivity contribution in [3.63, 3.8) is 0 Å². The maximum absolute atomic E-state index is 13.3. The van der Waals surface area contributed by atoms with Crippen LogP contribution in [0, 0.1) is 0 Å². The maximum atomic E-state index is 13.3. The number of rotatable bonds is 1. The SMILES string of the molecule is C/C1=C/CCC(=O)c2cc(ccn2)-c2c(ccn2C(F)F)NC1=O. The number of ketones is 1. The summed E-state index contributed by atoms with van der Waals surface area (Å²) < 4.78 is 27.4. The van der Waals surface area contributed by atoms with Gasteiger partial charge in [0.1, 0.15) is 5.69 Å². The second-order valence-electron chi connectivity index (χ2n) is 5.50. The number of nitrogens with one attached hydrogen (secondary N) is 1. The molecule has 3 heterocycles. The van der Waals surface area contributed by atoms with Gasteiger partial charge in [-0.3, -0.25) is 19.1 Å². The Morgan fingerprint density at radius 1 is 1.29 bits per heavy atom. The molecule has 7 heteroatoms. The molecule has 0 radical (unpaired) electrons. The van der Waals surface area contributed by atoms with Crippen LogP contribution >= 0.6 is 0 Å². The molecule has 2 aromatic rings. The number of allylic oxidation sites excluding steroid dienone is 1. The van der Waals surface area contributed by atoms with Crippen molar-refractivity contribution in [3.05, 3.63) is 47.9 Å². The lowest BCUT2D eigenvalue weighted by Gasteiger charge is -2.13. The predicted octanol–water partition coefficient (Wildman–Crippen LogP) is 3.81. The van der Waals surface area contributed by atoms with Crippen molar-refractivity contribution in [3.8, 4) is 11.3 Å². The minimum atomic E-state index is -2.78. The van der Waals surface area contributed by atoms with Gasteiger partial charge < -0.3 is 5.32 Å². The van der Waals surface area contributed by atoms with E-state index in [-0.39, 0.29) is 35.2 Å². The fourth-order valence-electron chi connectivity index (χ4n) is 2.61. The van der Waals surface area contributed by atoms with Crippen molar-refractivity contribution in [2.75, 3.05) is 5.32 Å². The lowest BCUT2D eigenvalue weighted by Crippen LogP contribution is -2.14. The molecule has 1 N–H and O–H groups in total. The van der Waals surface area contributed by atoms with Crippen molar-refractivity contribution in [1.29, 1.82) is 0 Å². The van der Waals surface area contributed by atoms with Gasteiger partial charge in [-0.05, 0) is 31.5 Å². The molecular formula is C17H15F2N3O2. The van der Waals surface area contributed by atoms with E-state index in [2.05, 4.69) is 10.3 Å². The van der Waals surface area contributed by atoms with Crippen molar-refractivity contribution in [2.24, 2.45) is 0 Å². The van der Waals surface area contributed by atoms with Gasteiger partial charge in [-0.15, -0.1) is 0 Å². The molecule has 0 unspecified atom stereocenters. The summed E-state index contributed by atoms with van der Waals surface area (Å²) in [4.78, 5) is 28.4. The van der Waals surface area contributed by atoms with Crippen LogP contribution in [0.3, 0.4) is 0 Å². The highest BCUT2D eigenvalue weighted by Crippen LogP contribution is 2.33. The molecule has 0 fully saturated rings. The zero-order chi connectivity index (χ0) is 17.3. The van der Waals surface area contributed by atoms with Gasteiger partial charge in [0.2, 0.25) is 0 Å². The molecular weight excluding hydrogens is 316 g/mol. The Hall–Kier alpha value is -2.83. The van der Waals surface area contributed by atoms with Crippen LogP contribution in [-0.2, 0) is 4.79 Å². The summed E-state index contributed by atoms with van der Waals surface area (Å²) in [5.41, 5.74) is 1.45. The van der Waals surface area contributed by atoms with Crippen LogP contribution in [0.25, 0.3) is 11.3 Å². The zero-order valence-electron chi connectivity index (χ0n) is 12.9. The highest BCUT2D eigenvalue weighted by atomic mass is 19.3. The van der Waals surface area contributed by atoms with Crippen LogP contribution in [0.5, 0.6) is 0 Å². The van der Waals surface area contributed by atoms with E-state index in [4.69, 9.17) is 0 Å². The molecule has 5 nitrogen and oxygen atoms in total. The Morgan fingerprint density at radius 2 is 2.08 bits per heavy atom. The first-order chi connectivity index (χ1) is 11.5. The first-order valence-electron chi connectivity index (χ1n) is 7.44. The van der Waals surface area contributed by atoms with Crippen LogP contribution in [-0.4, -0.2) is 21.2 Å². The molecule has 124 valence electrons. The largest absolute Gasteiger partial charge is 0.320 e. The lowest BCUT2D eigenvalue weighted by molar-refractivity contribution is -0.112. The van der Waals surface area contributed by atoms with Gasteiger partial charge in [0, 0.05) is 30.0 Å². The first kappa shape index (κ1) is 16.0. The molecule has 0 atom stereocenters. The smallest absolute Gasteiger partial charge is 0.319 e. The predicted molar refractivity (Wildman–Crippen MR) is 84.9 cm³/mol. The molecule has 1 amide bonds.